The van der Waals surface area contributed by atoms with Crippen molar-refractivity contribution in [3.05, 3.63) is 41.2 Å². The van der Waals surface area contributed by atoms with Crippen LogP contribution in [0.2, 0.25) is 0 Å². The topological polar surface area (TPSA) is 54.0 Å². The van der Waals surface area contributed by atoms with Crippen molar-refractivity contribution in [3.8, 4) is 0 Å². The Kier molecular flexibility index (Phi) is 5.20. The van der Waals surface area contributed by atoms with E-state index in [1.807, 2.05) is 9.80 Å². The van der Waals surface area contributed by atoms with Gasteiger partial charge in [-0.1, -0.05) is 24.3 Å². The van der Waals surface area contributed by atoms with Crippen LogP contribution < -0.4 is 14.7 Å². The average molecular weight is 399 g/mol. The second-order valence-electron chi connectivity index (χ2n) is 7.62. The molecular formula is C21H26FN5O2. The number of fused-ring (bicyclic) bond motifs is 1. The van der Waals surface area contributed by atoms with Gasteiger partial charge in [0.1, 0.15) is 0 Å². The van der Waals surface area contributed by atoms with Crippen LogP contribution in [0.3, 0.4) is 0 Å². The summed E-state index contributed by atoms with van der Waals surface area (Å²) in [6.45, 7) is 6.46. The first-order valence-electron chi connectivity index (χ1n) is 10.3. The molecule has 0 radical (unpaired) electrons. The van der Waals surface area contributed by atoms with E-state index in [0.717, 1.165) is 19.5 Å². The van der Waals surface area contributed by atoms with E-state index in [9.17, 15) is 0 Å². The van der Waals surface area contributed by atoms with E-state index in [0.29, 0.717) is 70.2 Å². The van der Waals surface area contributed by atoms with Crippen LogP contribution in [0.15, 0.2) is 24.3 Å². The summed E-state index contributed by atoms with van der Waals surface area (Å²) < 4.78 is 26.4. The van der Waals surface area contributed by atoms with Gasteiger partial charge in [-0.3, -0.25) is 0 Å². The maximum Gasteiger partial charge on any atom is 0.229 e. The maximum absolute atomic E-state index is 15.5. The standard InChI is InChI=1S/C21H26FN5O2/c22-18-19(25-7-11-28-12-8-25)23-21(24-20(18)26-9-13-29-14-10-26)27-6-5-16-3-1-2-4-17(16)15-27/h1-4H,5-15H2. The Morgan fingerprint density at radius 1 is 0.724 bits per heavy atom. The number of halogens is 1. The lowest BCUT2D eigenvalue weighted by atomic mass is 10.0. The quantitative estimate of drug-likeness (QED) is 0.781. The smallest absolute Gasteiger partial charge is 0.229 e. The van der Waals surface area contributed by atoms with E-state index >= 15 is 4.39 Å². The number of nitrogens with zero attached hydrogens (tertiary/aromatic N) is 5. The fraction of sp³-hybridized carbons (Fsp3) is 0.524. The molecule has 2 aromatic rings. The summed E-state index contributed by atoms with van der Waals surface area (Å²) in [6, 6.07) is 8.47. The molecule has 0 spiro atoms. The van der Waals surface area contributed by atoms with E-state index in [-0.39, 0.29) is 5.82 Å². The third-order valence-electron chi connectivity index (χ3n) is 5.84. The Labute approximate surface area is 170 Å². The molecule has 0 atom stereocenters. The highest BCUT2D eigenvalue weighted by Gasteiger charge is 2.28. The zero-order chi connectivity index (χ0) is 19.6. The van der Waals surface area contributed by atoms with Crippen molar-refractivity contribution in [1.29, 1.82) is 0 Å². The molecule has 0 N–H and O–H groups in total. The summed E-state index contributed by atoms with van der Waals surface area (Å²) in [5.74, 6) is 1.04. The monoisotopic (exact) mass is 399 g/mol. The Bertz CT molecular complexity index is 829. The minimum absolute atomic E-state index is 0.338. The lowest BCUT2D eigenvalue weighted by Crippen LogP contribution is -2.41. The number of hydrogen-bond acceptors (Lipinski definition) is 7. The van der Waals surface area contributed by atoms with Crippen molar-refractivity contribution in [2.24, 2.45) is 0 Å². The van der Waals surface area contributed by atoms with Crippen LogP contribution in [0.4, 0.5) is 22.0 Å². The lowest BCUT2D eigenvalue weighted by Gasteiger charge is -2.34. The predicted molar refractivity (Wildman–Crippen MR) is 109 cm³/mol. The van der Waals surface area contributed by atoms with Gasteiger partial charge in [0, 0.05) is 39.3 Å². The molecule has 0 unspecified atom stereocenters. The zero-order valence-electron chi connectivity index (χ0n) is 16.5. The molecule has 8 heteroatoms. The second-order valence-corrected chi connectivity index (χ2v) is 7.62. The molecule has 0 saturated carbocycles. The van der Waals surface area contributed by atoms with Crippen LogP contribution in [0.25, 0.3) is 0 Å². The van der Waals surface area contributed by atoms with Gasteiger partial charge in [-0.25, -0.2) is 0 Å². The van der Waals surface area contributed by atoms with E-state index < -0.39 is 0 Å². The molecule has 3 aliphatic heterocycles. The van der Waals surface area contributed by atoms with Crippen molar-refractivity contribution in [2.75, 3.05) is 73.9 Å². The fourth-order valence-corrected chi connectivity index (χ4v) is 4.19. The summed E-state index contributed by atoms with van der Waals surface area (Å²) in [7, 11) is 0. The molecule has 29 heavy (non-hydrogen) atoms. The molecular weight excluding hydrogens is 373 g/mol. The molecule has 2 fully saturated rings. The normalized spacial score (nSPS) is 20.0. The second kappa shape index (κ2) is 8.12. The Morgan fingerprint density at radius 2 is 1.28 bits per heavy atom. The van der Waals surface area contributed by atoms with Gasteiger partial charge in [0.25, 0.3) is 0 Å². The largest absolute Gasteiger partial charge is 0.378 e. The third-order valence-corrected chi connectivity index (χ3v) is 5.84. The zero-order valence-corrected chi connectivity index (χ0v) is 16.5. The first-order valence-corrected chi connectivity index (χ1v) is 10.3. The Morgan fingerprint density at radius 3 is 1.86 bits per heavy atom. The van der Waals surface area contributed by atoms with E-state index in [1.54, 1.807) is 0 Å². The minimum Gasteiger partial charge on any atom is -0.378 e. The summed E-state index contributed by atoms with van der Waals surface area (Å²) >= 11 is 0. The molecule has 7 nitrogen and oxygen atoms in total. The SMILES string of the molecule is Fc1c(N2CCOCC2)nc(N2CCc3ccccc3C2)nc1N1CCOCC1. The predicted octanol–water partition coefficient (Wildman–Crippen LogP) is 1.85. The summed E-state index contributed by atoms with van der Waals surface area (Å²) in [4.78, 5) is 15.5. The Hall–Kier alpha value is -2.45. The first kappa shape index (κ1) is 18.6. The van der Waals surface area contributed by atoms with Gasteiger partial charge in [0.15, 0.2) is 11.6 Å². The molecule has 1 aromatic carbocycles. The molecule has 154 valence electrons. The van der Waals surface area contributed by atoms with Crippen molar-refractivity contribution < 1.29 is 13.9 Å². The molecule has 2 saturated heterocycles. The molecule has 0 amide bonds. The van der Waals surface area contributed by atoms with Crippen molar-refractivity contribution in [2.45, 2.75) is 13.0 Å². The summed E-state index contributed by atoms with van der Waals surface area (Å²) in [5.41, 5.74) is 2.65. The van der Waals surface area contributed by atoms with Gasteiger partial charge in [-0.2, -0.15) is 14.4 Å². The number of ether oxygens (including phenoxy) is 2. The highest BCUT2D eigenvalue weighted by Crippen LogP contribution is 2.31. The number of anilines is 3. The average Bonchev–Trinajstić information content (AvgIpc) is 2.80. The fourth-order valence-electron chi connectivity index (χ4n) is 4.19. The van der Waals surface area contributed by atoms with Crippen molar-refractivity contribution in [1.82, 2.24) is 9.97 Å². The maximum atomic E-state index is 15.5. The number of aromatic nitrogens is 2. The lowest BCUT2D eigenvalue weighted by molar-refractivity contribution is 0.121. The van der Waals surface area contributed by atoms with Gasteiger partial charge < -0.3 is 24.2 Å². The van der Waals surface area contributed by atoms with Gasteiger partial charge in [0.05, 0.1) is 26.4 Å². The van der Waals surface area contributed by atoms with Gasteiger partial charge in [0.2, 0.25) is 11.8 Å². The molecule has 5 rings (SSSR count). The Balaban J connectivity index is 1.52. The van der Waals surface area contributed by atoms with Crippen LogP contribution in [-0.2, 0) is 22.4 Å². The number of benzene rings is 1. The van der Waals surface area contributed by atoms with Gasteiger partial charge >= 0.3 is 0 Å². The third kappa shape index (κ3) is 3.74. The summed E-state index contributed by atoms with van der Waals surface area (Å²) in [5, 5.41) is 0. The van der Waals surface area contributed by atoms with Crippen LogP contribution in [0.5, 0.6) is 0 Å². The van der Waals surface area contributed by atoms with E-state index in [4.69, 9.17) is 19.4 Å². The van der Waals surface area contributed by atoms with Gasteiger partial charge in [-0.15, -0.1) is 0 Å². The number of hydrogen-bond donors (Lipinski definition) is 0. The highest BCUT2D eigenvalue weighted by atomic mass is 19.1. The van der Waals surface area contributed by atoms with E-state index in [2.05, 4.69) is 29.2 Å². The van der Waals surface area contributed by atoms with Crippen LogP contribution in [0, 0.1) is 5.82 Å². The van der Waals surface area contributed by atoms with Crippen molar-refractivity contribution >= 4 is 17.6 Å². The van der Waals surface area contributed by atoms with Crippen LogP contribution in [-0.4, -0.2) is 69.1 Å². The number of morpholine rings is 2. The molecule has 0 aliphatic carbocycles. The van der Waals surface area contributed by atoms with Gasteiger partial charge in [-0.05, 0) is 17.5 Å². The van der Waals surface area contributed by atoms with Crippen molar-refractivity contribution in [3.63, 3.8) is 0 Å². The molecule has 0 bridgehead atoms. The minimum atomic E-state index is -0.338. The van der Waals surface area contributed by atoms with Crippen LogP contribution >= 0.6 is 0 Å². The molecule has 1 aromatic heterocycles. The van der Waals surface area contributed by atoms with Crippen LogP contribution in [0.1, 0.15) is 11.1 Å². The summed E-state index contributed by atoms with van der Waals surface area (Å²) in [6.07, 6.45) is 0.941. The highest BCUT2D eigenvalue weighted by molar-refractivity contribution is 5.58. The number of rotatable bonds is 3. The molecule has 3 aliphatic rings. The first-order chi connectivity index (χ1) is 14.3. The molecule has 4 heterocycles. The van der Waals surface area contributed by atoms with E-state index in [1.165, 1.54) is 11.1 Å².